The van der Waals surface area contributed by atoms with Gasteiger partial charge in [-0.25, -0.2) is 0 Å². The molecule has 762 valence electrons. The average molecular weight is 1920 g/mol. The van der Waals surface area contributed by atoms with Gasteiger partial charge in [-0.05, 0) is 5.41 Å². The van der Waals surface area contributed by atoms with Crippen LogP contribution in [-0.4, -0.2) is 585 Å². The minimum Gasteiger partial charge on any atom is -0.394 e. The van der Waals surface area contributed by atoms with E-state index in [2.05, 4.69) is 10.6 Å². The van der Waals surface area contributed by atoms with Gasteiger partial charge < -0.3 is 274 Å². The van der Waals surface area contributed by atoms with Crippen LogP contribution in [0.4, 0.5) is 0 Å². The van der Waals surface area contributed by atoms with E-state index >= 15 is 0 Å². The Morgan fingerprint density at radius 1 is 0.221 bits per heavy atom. The highest BCUT2D eigenvalue weighted by molar-refractivity contribution is 5.73. The molecule has 23 unspecified atom stereocenters. The van der Waals surface area contributed by atoms with E-state index in [9.17, 15) is 173 Å². The second-order valence-corrected chi connectivity index (χ2v) is 34.7. The predicted molar refractivity (Wildman–Crippen MR) is 403 cm³/mol. The molecule has 0 aliphatic carbocycles. The minimum absolute atomic E-state index is 0.662. The maximum atomic E-state index is 13.3. The first kappa shape index (κ1) is 108. The first-order chi connectivity index (χ1) is 61.9. The summed E-state index contributed by atoms with van der Waals surface area (Å²) in [6, 6.07) is -3.26. The standard InChI is InChI=1S/C74H126N2O55/c1-17(86)75-30-41(97)55(26(13-84)113-63(30)74(3,4)5)124-64-31(76-18(2)87)42(98)56(27(14-85)121-64)125-69-54(110)58(127-72-62(49(105)38(94)24(11-82)119-72)131-73-61(48(104)37(93)25(12-83)120-73)130-68-52(108)45(101)34(90)21(8-79)116-68)40(96)29(123-69)15-111-65-53(109)57(126-71-60(47(103)36(92)23(10-81)118-71)129-67-51(107)44(100)33(89)20(7-78)115-67)39(95)28(122-65)16-112-70-59(46(102)35(91)22(9-80)117-70)128-66-50(106)43(99)32(88)19(6-77)114-66/h19-73,77-85,88-110H,6-16H2,1-5H3,(H,75,86)(H,76,87)/t19?,20-,21-,22?,23-,24-,25-,26?,27?,28?,29?,30?,31?,32+,33+,34+,35+,36+,37+,38+,39+,40+,41+,42+,43-,44?,45?,46-,47?,48?,49?,50?,51?,52?,53?,54?,55+,56+,57-,58-,59?,60?,61?,62?,63?,64-,65-,66+,67+,68+,69-,70+,71+,72+,73+/m0/s1. The first-order valence-corrected chi connectivity index (χ1v) is 42.2. The van der Waals surface area contributed by atoms with Crippen LogP contribution < -0.4 is 10.6 Å². The quantitative estimate of drug-likeness (QED) is 0.0290. The van der Waals surface area contributed by atoms with Gasteiger partial charge in [0.1, 0.15) is 262 Å². The Hall–Kier alpha value is -3.18. The van der Waals surface area contributed by atoms with Crippen LogP contribution in [0.3, 0.4) is 0 Å². The summed E-state index contributed by atoms with van der Waals surface area (Å²) < 4.78 is 125. The van der Waals surface area contributed by atoms with Gasteiger partial charge >= 0.3 is 0 Å². The van der Waals surface area contributed by atoms with Crippen LogP contribution >= 0.6 is 0 Å². The van der Waals surface area contributed by atoms with Crippen molar-refractivity contribution in [2.45, 2.75) is 372 Å². The van der Waals surface area contributed by atoms with Crippen molar-refractivity contribution in [3.63, 3.8) is 0 Å². The van der Waals surface area contributed by atoms with Gasteiger partial charge in [0.05, 0.1) is 84.8 Å². The Bertz CT molecular complexity index is 3490. The first-order valence-electron chi connectivity index (χ1n) is 42.2. The molecular weight excluding hydrogens is 1800 g/mol. The Morgan fingerprint density at radius 3 is 0.786 bits per heavy atom. The zero-order chi connectivity index (χ0) is 96.5. The van der Waals surface area contributed by atoms with E-state index in [1.807, 2.05) is 0 Å². The van der Waals surface area contributed by atoms with Crippen molar-refractivity contribution in [1.29, 1.82) is 0 Å². The van der Waals surface area contributed by atoms with Crippen LogP contribution in [0.25, 0.3) is 0 Å². The highest BCUT2D eigenvalue weighted by atomic mass is 16.8. The number of amides is 2. The molecule has 0 saturated carbocycles. The van der Waals surface area contributed by atoms with Crippen molar-refractivity contribution in [3.8, 4) is 0 Å². The Balaban J connectivity index is 0.966. The summed E-state index contributed by atoms with van der Waals surface area (Å²) in [6.45, 7) is -5.42. The number of carbonyl (C=O) groups excluding carboxylic acids is 2. The monoisotopic (exact) mass is 1920 g/mol. The Labute approximate surface area is 743 Å². The van der Waals surface area contributed by atoms with E-state index in [1.165, 1.54) is 0 Å². The van der Waals surface area contributed by atoms with Crippen molar-refractivity contribution in [2.24, 2.45) is 5.41 Å². The second-order valence-electron chi connectivity index (χ2n) is 34.7. The molecule has 0 spiro atoms. The van der Waals surface area contributed by atoms with E-state index in [0.29, 0.717) is 0 Å². The van der Waals surface area contributed by atoms with Gasteiger partial charge in [-0.2, -0.15) is 0 Å². The van der Waals surface area contributed by atoms with Gasteiger partial charge in [0.15, 0.2) is 62.9 Å². The SMILES string of the molecule is CC(=O)NC1C(C(C)(C)C)OC(CO)[C@@H](O[C@@H]2OC(CO)[C@@H](O[C@@H]3OC(CO[C@H]4OC(CO[C@@H]5OC(CO)[C@@H](O)[C@H](O)C5O[C@H]5OC(CO)[C@@H](O)[C@H](O)C5O)[C@@H](O)[C@H](O[C@H]5O[C@@H](CO)[C@@H](O)C(O)C5O[C@H]5O[C@@H](CO)[C@@H](O)C(O)C5O)C4O)[C@@H](O)[C@H](O[C@H]4O[C@@H](CO)[C@@H](O)C(O)C4O[C@H]4O[C@@H](CO)[C@@H](O)C(O)C4O[C@H]4O[C@@H](CO)[C@@H](O)C(O)C4O)C3O)[C@H](O)C2NC(C)=O)[C@@H]1O. The van der Waals surface area contributed by atoms with Gasteiger partial charge in [-0.15, -0.1) is 0 Å². The minimum atomic E-state index is -2.68. The van der Waals surface area contributed by atoms with Crippen LogP contribution in [0, 0.1) is 5.41 Å². The highest BCUT2D eigenvalue weighted by Crippen LogP contribution is 2.43. The molecule has 57 nitrogen and oxygen atoms in total. The summed E-state index contributed by atoms with van der Waals surface area (Å²) in [7, 11) is 0. The van der Waals surface area contributed by atoms with E-state index in [4.69, 9.17) is 99.5 Å². The number of carbonyl (C=O) groups is 2. The Kier molecular flexibility index (Phi) is 38.4. The maximum absolute atomic E-state index is 13.3. The number of rotatable bonds is 33. The predicted octanol–water partition coefficient (Wildman–Crippen LogP) is -22.6. The zero-order valence-electron chi connectivity index (χ0n) is 70.7. The van der Waals surface area contributed by atoms with Crippen molar-refractivity contribution in [3.05, 3.63) is 0 Å². The number of hydrogen-bond donors (Lipinski definition) is 34. The van der Waals surface area contributed by atoms with Crippen LogP contribution in [0.1, 0.15) is 34.6 Å². The number of hydrogen-bond acceptors (Lipinski definition) is 55. The van der Waals surface area contributed by atoms with E-state index in [0.717, 1.165) is 13.8 Å². The largest absolute Gasteiger partial charge is 0.394 e. The maximum Gasteiger partial charge on any atom is 0.217 e. The summed E-state index contributed by atoms with van der Waals surface area (Å²) in [6.07, 6.45) is -115. The van der Waals surface area contributed by atoms with Gasteiger partial charge in [-0.1, -0.05) is 20.8 Å². The third-order valence-corrected chi connectivity index (χ3v) is 24.7. The van der Waals surface area contributed by atoms with Crippen molar-refractivity contribution < 1.29 is 272 Å². The lowest BCUT2D eigenvalue weighted by Crippen LogP contribution is -2.71. The topological polar surface area (TPSA) is 899 Å². The van der Waals surface area contributed by atoms with Crippen LogP contribution in [0.5, 0.6) is 0 Å². The molecule has 11 aliphatic heterocycles. The molecule has 131 heavy (non-hydrogen) atoms. The number of ether oxygens (including phenoxy) is 21. The van der Waals surface area contributed by atoms with Gasteiger partial charge in [-0.3, -0.25) is 9.59 Å². The lowest BCUT2D eigenvalue weighted by molar-refractivity contribution is -0.408. The molecule has 34 N–H and O–H groups in total. The molecule has 11 heterocycles. The summed E-state index contributed by atoms with van der Waals surface area (Å²) >= 11 is 0. The summed E-state index contributed by atoms with van der Waals surface area (Å²) in [5.41, 5.74) is -0.872. The summed E-state index contributed by atoms with van der Waals surface area (Å²) in [4.78, 5) is 25.9. The number of nitrogens with one attached hydrogen (secondary N) is 2. The Morgan fingerprint density at radius 2 is 0.450 bits per heavy atom. The number of aliphatic hydroxyl groups is 32. The van der Waals surface area contributed by atoms with Crippen LogP contribution in [0.2, 0.25) is 0 Å². The molecule has 11 saturated heterocycles. The fourth-order valence-corrected chi connectivity index (χ4v) is 17.2. The van der Waals surface area contributed by atoms with Crippen molar-refractivity contribution >= 4 is 11.8 Å². The molecule has 11 rings (SSSR count). The smallest absolute Gasteiger partial charge is 0.217 e. The molecule has 0 bridgehead atoms. The number of aliphatic hydroxyl groups excluding tert-OH is 32. The molecule has 0 radical (unpaired) electrons. The molecular formula is C74H126N2O55. The average Bonchev–Trinajstić information content (AvgIpc) is 0.729. The van der Waals surface area contributed by atoms with Gasteiger partial charge in [0.2, 0.25) is 11.8 Å². The fourth-order valence-electron chi connectivity index (χ4n) is 17.2. The van der Waals surface area contributed by atoms with Crippen LogP contribution in [0.15, 0.2) is 0 Å². The summed E-state index contributed by atoms with van der Waals surface area (Å²) in [5.74, 6) is -1.62. The van der Waals surface area contributed by atoms with E-state index < -0.39 is 427 Å². The molecule has 0 aromatic carbocycles. The third kappa shape index (κ3) is 23.4. The van der Waals surface area contributed by atoms with Gasteiger partial charge in [0.25, 0.3) is 0 Å². The second kappa shape index (κ2) is 46.5. The molecule has 2 amide bonds. The van der Waals surface area contributed by atoms with Crippen molar-refractivity contribution in [2.75, 3.05) is 72.7 Å². The summed E-state index contributed by atoms with van der Waals surface area (Å²) in [5, 5.41) is 364. The van der Waals surface area contributed by atoms with Crippen molar-refractivity contribution in [1.82, 2.24) is 10.6 Å². The lowest BCUT2D eigenvalue weighted by atomic mass is 9.78. The molecule has 57 heteroatoms. The molecule has 55 atom stereocenters. The highest BCUT2D eigenvalue weighted by Gasteiger charge is 2.63. The molecule has 11 aliphatic rings. The third-order valence-electron chi connectivity index (χ3n) is 24.7. The zero-order valence-corrected chi connectivity index (χ0v) is 70.7. The van der Waals surface area contributed by atoms with E-state index in [1.54, 1.807) is 20.8 Å². The normalized spacial score (nSPS) is 50.9. The van der Waals surface area contributed by atoms with Crippen LogP contribution in [-0.2, 0) is 109 Å². The van der Waals surface area contributed by atoms with Gasteiger partial charge in [0, 0.05) is 13.8 Å². The molecule has 11 fully saturated rings. The lowest BCUT2D eigenvalue weighted by Gasteiger charge is -2.52. The molecule has 0 aromatic heterocycles. The van der Waals surface area contributed by atoms with E-state index in [-0.39, 0.29) is 0 Å². The fraction of sp³-hybridized carbons (Fsp3) is 0.973. The molecule has 0 aromatic rings.